The molecule has 1 saturated carbocycles. The summed E-state index contributed by atoms with van der Waals surface area (Å²) in [5.74, 6) is 1.58. The van der Waals surface area contributed by atoms with Crippen LogP contribution in [0.15, 0.2) is 0 Å². The summed E-state index contributed by atoms with van der Waals surface area (Å²) in [7, 11) is 0. The summed E-state index contributed by atoms with van der Waals surface area (Å²) in [5, 5.41) is 6.48. The smallest absolute Gasteiger partial charge is 0.220 e. The first kappa shape index (κ1) is 10.9. The molecule has 2 fully saturated rings. The SMILES string of the molecule is CC(NC(=O)CC1CCC1)C1CCNC1. The zero-order valence-corrected chi connectivity index (χ0v) is 9.59. The molecule has 3 heteroatoms. The second-order valence-corrected chi connectivity index (χ2v) is 5.11. The summed E-state index contributed by atoms with van der Waals surface area (Å²) < 4.78 is 0. The molecule has 0 aromatic heterocycles. The lowest BCUT2D eigenvalue weighted by molar-refractivity contribution is -0.123. The molecule has 1 saturated heterocycles. The van der Waals surface area contributed by atoms with E-state index in [9.17, 15) is 4.79 Å². The Morgan fingerprint density at radius 1 is 1.47 bits per heavy atom. The second kappa shape index (κ2) is 4.97. The van der Waals surface area contributed by atoms with Crippen molar-refractivity contribution in [1.29, 1.82) is 0 Å². The lowest BCUT2D eigenvalue weighted by Crippen LogP contribution is -2.40. The van der Waals surface area contributed by atoms with Gasteiger partial charge >= 0.3 is 0 Å². The first-order chi connectivity index (χ1) is 7.25. The fraction of sp³-hybridized carbons (Fsp3) is 0.917. The number of hydrogen-bond donors (Lipinski definition) is 2. The third-order valence-electron chi connectivity index (χ3n) is 3.89. The monoisotopic (exact) mass is 210 g/mol. The Balaban J connectivity index is 1.67. The van der Waals surface area contributed by atoms with Crippen LogP contribution in [-0.4, -0.2) is 25.0 Å². The van der Waals surface area contributed by atoms with Gasteiger partial charge in [-0.15, -0.1) is 0 Å². The maximum Gasteiger partial charge on any atom is 0.220 e. The van der Waals surface area contributed by atoms with Crippen LogP contribution < -0.4 is 10.6 Å². The molecule has 2 rings (SSSR count). The zero-order valence-electron chi connectivity index (χ0n) is 9.59. The summed E-state index contributed by atoms with van der Waals surface area (Å²) in [6.07, 6.45) is 5.79. The highest BCUT2D eigenvalue weighted by molar-refractivity contribution is 5.76. The minimum absolute atomic E-state index is 0.263. The van der Waals surface area contributed by atoms with Gasteiger partial charge in [-0.05, 0) is 51.1 Å². The number of hydrogen-bond acceptors (Lipinski definition) is 2. The first-order valence-electron chi connectivity index (χ1n) is 6.26. The van der Waals surface area contributed by atoms with Crippen LogP contribution in [0.1, 0.15) is 39.0 Å². The van der Waals surface area contributed by atoms with Crippen molar-refractivity contribution in [2.45, 2.75) is 45.1 Å². The van der Waals surface area contributed by atoms with Gasteiger partial charge in [0, 0.05) is 12.5 Å². The molecule has 2 aliphatic rings. The van der Waals surface area contributed by atoms with Crippen LogP contribution in [0.2, 0.25) is 0 Å². The highest BCUT2D eigenvalue weighted by Crippen LogP contribution is 2.29. The quantitative estimate of drug-likeness (QED) is 0.734. The van der Waals surface area contributed by atoms with Crippen LogP contribution in [0.25, 0.3) is 0 Å². The van der Waals surface area contributed by atoms with E-state index in [0.717, 1.165) is 19.5 Å². The topological polar surface area (TPSA) is 41.1 Å². The fourth-order valence-corrected chi connectivity index (χ4v) is 2.49. The molecule has 2 N–H and O–H groups in total. The standard InChI is InChI=1S/C12H22N2O/c1-9(11-5-6-13-8-11)14-12(15)7-10-3-2-4-10/h9-11,13H,2-8H2,1H3,(H,14,15). The summed E-state index contributed by atoms with van der Waals surface area (Å²) in [6, 6.07) is 0.340. The third kappa shape index (κ3) is 2.94. The van der Waals surface area contributed by atoms with E-state index in [0.29, 0.717) is 17.9 Å². The third-order valence-corrected chi connectivity index (χ3v) is 3.89. The van der Waals surface area contributed by atoms with E-state index in [2.05, 4.69) is 17.6 Å². The van der Waals surface area contributed by atoms with E-state index < -0.39 is 0 Å². The molecule has 2 unspecified atom stereocenters. The summed E-state index contributed by atoms with van der Waals surface area (Å²) in [4.78, 5) is 11.7. The molecular weight excluding hydrogens is 188 g/mol. The van der Waals surface area contributed by atoms with Crippen molar-refractivity contribution in [3.05, 3.63) is 0 Å². The van der Waals surface area contributed by atoms with E-state index >= 15 is 0 Å². The predicted molar refractivity (Wildman–Crippen MR) is 60.5 cm³/mol. The number of rotatable bonds is 4. The van der Waals surface area contributed by atoms with E-state index in [1.54, 1.807) is 0 Å². The van der Waals surface area contributed by atoms with Crippen molar-refractivity contribution in [1.82, 2.24) is 10.6 Å². The van der Waals surface area contributed by atoms with Gasteiger partial charge in [-0.25, -0.2) is 0 Å². The van der Waals surface area contributed by atoms with Gasteiger partial charge in [0.15, 0.2) is 0 Å². The van der Waals surface area contributed by atoms with Gasteiger partial charge in [0.2, 0.25) is 5.91 Å². The lowest BCUT2D eigenvalue weighted by atomic mass is 9.82. The molecule has 0 spiro atoms. The molecule has 3 nitrogen and oxygen atoms in total. The molecule has 86 valence electrons. The van der Waals surface area contributed by atoms with Crippen molar-refractivity contribution >= 4 is 5.91 Å². The van der Waals surface area contributed by atoms with Crippen LogP contribution in [0.4, 0.5) is 0 Å². The number of carbonyl (C=O) groups excluding carboxylic acids is 1. The van der Waals surface area contributed by atoms with Crippen molar-refractivity contribution < 1.29 is 4.79 Å². The Morgan fingerprint density at radius 3 is 2.80 bits per heavy atom. The van der Waals surface area contributed by atoms with E-state index in [1.165, 1.54) is 25.7 Å². The highest BCUT2D eigenvalue weighted by atomic mass is 16.1. The molecule has 1 aliphatic heterocycles. The molecule has 2 atom stereocenters. The summed E-state index contributed by atoms with van der Waals surface area (Å²) in [5.41, 5.74) is 0. The number of nitrogens with one attached hydrogen (secondary N) is 2. The summed E-state index contributed by atoms with van der Waals surface area (Å²) in [6.45, 7) is 4.30. The van der Waals surface area contributed by atoms with Gasteiger partial charge in [0.25, 0.3) is 0 Å². The number of amides is 1. The molecule has 0 radical (unpaired) electrons. The van der Waals surface area contributed by atoms with Gasteiger partial charge < -0.3 is 10.6 Å². The maximum atomic E-state index is 11.7. The van der Waals surface area contributed by atoms with Gasteiger partial charge in [0.1, 0.15) is 0 Å². The minimum atomic E-state index is 0.263. The minimum Gasteiger partial charge on any atom is -0.353 e. The molecule has 0 aromatic carbocycles. The molecule has 0 bridgehead atoms. The molecule has 1 amide bonds. The Morgan fingerprint density at radius 2 is 2.27 bits per heavy atom. The Hall–Kier alpha value is -0.570. The fourth-order valence-electron chi connectivity index (χ4n) is 2.49. The molecule has 1 heterocycles. The zero-order chi connectivity index (χ0) is 10.7. The Bertz CT molecular complexity index is 220. The lowest BCUT2D eigenvalue weighted by Gasteiger charge is -2.26. The van der Waals surface area contributed by atoms with Crippen LogP contribution in [0, 0.1) is 11.8 Å². The average Bonchev–Trinajstić information content (AvgIpc) is 2.64. The largest absolute Gasteiger partial charge is 0.353 e. The van der Waals surface area contributed by atoms with Crippen molar-refractivity contribution in [3.8, 4) is 0 Å². The average molecular weight is 210 g/mol. The Labute approximate surface area is 92.0 Å². The van der Waals surface area contributed by atoms with Crippen LogP contribution in [-0.2, 0) is 4.79 Å². The molecule has 1 aliphatic carbocycles. The van der Waals surface area contributed by atoms with Crippen molar-refractivity contribution in [3.63, 3.8) is 0 Å². The van der Waals surface area contributed by atoms with Crippen molar-refractivity contribution in [2.24, 2.45) is 11.8 Å². The molecular formula is C12H22N2O. The van der Waals surface area contributed by atoms with Gasteiger partial charge in [-0.3, -0.25) is 4.79 Å². The normalized spacial score (nSPS) is 28.5. The van der Waals surface area contributed by atoms with Gasteiger partial charge in [0.05, 0.1) is 0 Å². The maximum absolute atomic E-state index is 11.7. The first-order valence-corrected chi connectivity index (χ1v) is 6.26. The van der Waals surface area contributed by atoms with Gasteiger partial charge in [-0.2, -0.15) is 0 Å². The molecule has 0 aromatic rings. The van der Waals surface area contributed by atoms with Crippen LogP contribution in [0.5, 0.6) is 0 Å². The summed E-state index contributed by atoms with van der Waals surface area (Å²) >= 11 is 0. The van der Waals surface area contributed by atoms with Crippen LogP contribution in [0.3, 0.4) is 0 Å². The van der Waals surface area contributed by atoms with E-state index in [1.807, 2.05) is 0 Å². The number of carbonyl (C=O) groups is 1. The van der Waals surface area contributed by atoms with E-state index in [-0.39, 0.29) is 5.91 Å². The van der Waals surface area contributed by atoms with Gasteiger partial charge in [-0.1, -0.05) is 6.42 Å². The Kier molecular flexibility index (Phi) is 3.62. The van der Waals surface area contributed by atoms with Crippen LogP contribution >= 0.6 is 0 Å². The highest BCUT2D eigenvalue weighted by Gasteiger charge is 2.25. The predicted octanol–water partition coefficient (Wildman–Crippen LogP) is 1.29. The van der Waals surface area contributed by atoms with Crippen molar-refractivity contribution in [2.75, 3.05) is 13.1 Å². The van der Waals surface area contributed by atoms with E-state index in [4.69, 9.17) is 0 Å². The second-order valence-electron chi connectivity index (χ2n) is 5.11. The molecule has 15 heavy (non-hydrogen) atoms.